The van der Waals surface area contributed by atoms with Gasteiger partial charge < -0.3 is 4.74 Å². The van der Waals surface area contributed by atoms with Crippen LogP contribution in [0.3, 0.4) is 0 Å². The zero-order valence-electron chi connectivity index (χ0n) is 16.3. The summed E-state index contributed by atoms with van der Waals surface area (Å²) in [5, 5.41) is 5.21. The second-order valence-electron chi connectivity index (χ2n) is 6.87. The number of hydrogen-bond acceptors (Lipinski definition) is 5. The lowest BCUT2D eigenvalue weighted by Crippen LogP contribution is -1.87. The highest BCUT2D eigenvalue weighted by Gasteiger charge is 2.11. The van der Waals surface area contributed by atoms with Crippen molar-refractivity contribution in [1.82, 2.24) is 9.97 Å². The summed E-state index contributed by atoms with van der Waals surface area (Å²) in [4.78, 5) is 13.9. The van der Waals surface area contributed by atoms with E-state index in [1.807, 2.05) is 66.0 Å². The first-order valence-electron chi connectivity index (χ1n) is 9.43. The summed E-state index contributed by atoms with van der Waals surface area (Å²) in [5.41, 5.74) is 4.56. The predicted molar refractivity (Wildman–Crippen MR) is 133 cm³/mol. The molecule has 0 saturated carbocycles. The largest absolute Gasteiger partial charge is 0.497 e. The summed E-state index contributed by atoms with van der Waals surface area (Å²) in [6.45, 7) is 0. The molecule has 0 fully saturated rings. The molecule has 0 aliphatic rings. The van der Waals surface area contributed by atoms with Crippen LogP contribution in [0.4, 0.5) is 5.13 Å². The van der Waals surface area contributed by atoms with Gasteiger partial charge in [-0.1, -0.05) is 33.6 Å². The maximum absolute atomic E-state index is 6.74. The van der Waals surface area contributed by atoms with Crippen molar-refractivity contribution >= 4 is 72.0 Å². The Morgan fingerprint density at radius 2 is 1.71 bits per heavy atom. The third-order valence-electron chi connectivity index (χ3n) is 4.90. The number of fused-ring (bicyclic) bond motifs is 2. The van der Waals surface area contributed by atoms with Crippen molar-refractivity contribution in [3.63, 3.8) is 0 Å². The van der Waals surface area contributed by atoms with Gasteiger partial charge in [-0.3, -0.25) is 0 Å². The second kappa shape index (κ2) is 8.38. The minimum Gasteiger partial charge on any atom is -0.497 e. The van der Waals surface area contributed by atoms with E-state index in [-0.39, 0.29) is 0 Å². The average Bonchev–Trinajstić information content (AvgIpc) is 3.28. The molecule has 0 atom stereocenters. The van der Waals surface area contributed by atoms with Crippen LogP contribution >= 0.6 is 38.9 Å². The molecular formula is C24H15BrClN3OS. The van der Waals surface area contributed by atoms with Crippen LogP contribution in [-0.2, 0) is 0 Å². The van der Waals surface area contributed by atoms with Gasteiger partial charge in [0.1, 0.15) is 5.75 Å². The van der Waals surface area contributed by atoms with Gasteiger partial charge in [-0.05, 0) is 60.2 Å². The van der Waals surface area contributed by atoms with Gasteiger partial charge in [0.05, 0.1) is 28.9 Å². The van der Waals surface area contributed by atoms with Gasteiger partial charge in [-0.25, -0.2) is 15.0 Å². The third kappa shape index (κ3) is 4.06. The molecule has 0 radical (unpaired) electrons. The first-order chi connectivity index (χ1) is 15.1. The highest BCUT2D eigenvalue weighted by molar-refractivity contribution is 9.10. The molecule has 0 amide bonds. The lowest BCUT2D eigenvalue weighted by atomic mass is 10.1. The zero-order valence-corrected chi connectivity index (χ0v) is 19.5. The molecular weight excluding hydrogens is 494 g/mol. The maximum atomic E-state index is 6.74. The molecule has 4 nitrogen and oxygen atoms in total. The molecule has 0 unspecified atom stereocenters. The number of thiazole rings is 1. The Bertz CT molecular complexity index is 1450. The van der Waals surface area contributed by atoms with Crippen LogP contribution < -0.4 is 4.74 Å². The van der Waals surface area contributed by atoms with E-state index < -0.39 is 0 Å². The predicted octanol–water partition coefficient (Wildman–Crippen LogP) is 7.69. The van der Waals surface area contributed by atoms with E-state index in [2.05, 4.69) is 25.9 Å². The minimum absolute atomic E-state index is 0.691. The van der Waals surface area contributed by atoms with E-state index in [1.165, 1.54) is 11.3 Å². The Hall–Kier alpha value is -2.80. The van der Waals surface area contributed by atoms with E-state index in [0.717, 1.165) is 48.8 Å². The zero-order chi connectivity index (χ0) is 21.4. The summed E-state index contributed by atoms with van der Waals surface area (Å²) in [6, 6.07) is 19.7. The lowest BCUT2D eigenvalue weighted by Gasteiger charge is -2.07. The van der Waals surface area contributed by atoms with E-state index in [9.17, 15) is 0 Å². The molecule has 31 heavy (non-hydrogen) atoms. The Kier molecular flexibility index (Phi) is 5.44. The van der Waals surface area contributed by atoms with E-state index in [1.54, 1.807) is 13.3 Å². The van der Waals surface area contributed by atoms with Crippen molar-refractivity contribution in [3.05, 3.63) is 81.1 Å². The number of methoxy groups -OCH3 is 1. The van der Waals surface area contributed by atoms with E-state index in [0.29, 0.717) is 10.2 Å². The Labute approximate surface area is 196 Å². The molecule has 0 bridgehead atoms. The molecule has 0 aliphatic carbocycles. The molecule has 0 N–H and O–H groups in total. The highest BCUT2D eigenvalue weighted by atomic mass is 79.9. The van der Waals surface area contributed by atoms with Gasteiger partial charge in [0, 0.05) is 32.4 Å². The molecule has 2 aromatic heterocycles. The lowest BCUT2D eigenvalue weighted by molar-refractivity contribution is 0.415. The normalized spacial score (nSPS) is 11.6. The summed E-state index contributed by atoms with van der Waals surface area (Å²) in [7, 11) is 1.65. The average molecular weight is 509 g/mol. The number of rotatable bonds is 4. The van der Waals surface area contributed by atoms with Crippen LogP contribution in [0.25, 0.3) is 33.1 Å². The number of hydrogen-bond donors (Lipinski definition) is 0. The fraction of sp³-hybridized carbons (Fsp3) is 0.0417. The van der Waals surface area contributed by atoms with Crippen LogP contribution in [0.2, 0.25) is 5.02 Å². The van der Waals surface area contributed by atoms with Crippen molar-refractivity contribution < 1.29 is 4.74 Å². The minimum atomic E-state index is 0.691. The molecule has 2 heterocycles. The first kappa shape index (κ1) is 20.1. The quantitative estimate of drug-likeness (QED) is 0.185. The summed E-state index contributed by atoms with van der Waals surface area (Å²) < 4.78 is 6.15. The highest BCUT2D eigenvalue weighted by Crippen LogP contribution is 2.35. The number of aromatic nitrogens is 2. The Morgan fingerprint density at radius 1 is 0.968 bits per heavy atom. The van der Waals surface area contributed by atoms with Gasteiger partial charge in [-0.2, -0.15) is 0 Å². The van der Waals surface area contributed by atoms with Crippen LogP contribution in [0.15, 0.2) is 75.5 Å². The van der Waals surface area contributed by atoms with Gasteiger partial charge in [0.15, 0.2) is 0 Å². The van der Waals surface area contributed by atoms with Gasteiger partial charge in [0.2, 0.25) is 5.13 Å². The summed E-state index contributed by atoms with van der Waals surface area (Å²) in [6.07, 6.45) is 1.80. The topological polar surface area (TPSA) is 47.4 Å². The number of nitrogens with zero attached hydrogens (tertiary/aromatic N) is 3. The molecule has 0 spiro atoms. The van der Waals surface area contributed by atoms with Crippen molar-refractivity contribution in [1.29, 1.82) is 0 Å². The standard InChI is InChI=1S/C24H15BrClN3OS/c1-30-17-6-2-14(3-7-17)12-27-24-29-22(13-31-24)15-4-8-20-18(10-15)23(26)19-11-16(25)5-9-21(19)28-20/h2-13H,1H3/b27-12+. The summed E-state index contributed by atoms with van der Waals surface area (Å²) in [5.74, 6) is 0.818. The van der Waals surface area contributed by atoms with Crippen molar-refractivity contribution in [2.24, 2.45) is 4.99 Å². The number of halogens is 2. The molecule has 5 rings (SSSR count). The van der Waals surface area contributed by atoms with Crippen LogP contribution in [0.5, 0.6) is 5.75 Å². The van der Waals surface area contributed by atoms with Crippen molar-refractivity contribution in [3.8, 4) is 17.0 Å². The Morgan fingerprint density at radius 3 is 2.48 bits per heavy atom. The fourth-order valence-corrected chi connectivity index (χ4v) is 4.64. The number of aliphatic imine (C=N–C) groups is 1. The van der Waals surface area contributed by atoms with Gasteiger partial charge in [-0.15, -0.1) is 11.3 Å². The Balaban J connectivity index is 1.48. The van der Waals surface area contributed by atoms with Crippen LogP contribution in [0.1, 0.15) is 5.56 Å². The monoisotopic (exact) mass is 507 g/mol. The number of pyridine rings is 1. The number of benzene rings is 3. The molecule has 0 aliphatic heterocycles. The third-order valence-corrected chi connectivity index (χ3v) is 6.55. The van der Waals surface area contributed by atoms with Crippen LogP contribution in [0, 0.1) is 0 Å². The van der Waals surface area contributed by atoms with Crippen molar-refractivity contribution in [2.45, 2.75) is 0 Å². The SMILES string of the molecule is COc1ccc(/C=N/c2nc(-c3ccc4nc5ccc(Br)cc5c(Cl)c4c3)cs2)cc1. The smallest absolute Gasteiger partial charge is 0.209 e. The maximum Gasteiger partial charge on any atom is 0.209 e. The fourth-order valence-electron chi connectivity index (χ4n) is 3.30. The molecule has 152 valence electrons. The van der Waals surface area contributed by atoms with Crippen molar-refractivity contribution in [2.75, 3.05) is 7.11 Å². The van der Waals surface area contributed by atoms with Gasteiger partial charge in [0.25, 0.3) is 0 Å². The van der Waals surface area contributed by atoms with Gasteiger partial charge >= 0.3 is 0 Å². The van der Waals surface area contributed by atoms with Crippen LogP contribution in [-0.4, -0.2) is 23.3 Å². The number of ether oxygens (including phenoxy) is 1. The summed E-state index contributed by atoms with van der Waals surface area (Å²) >= 11 is 11.7. The molecule has 5 aromatic rings. The molecule has 3 aromatic carbocycles. The second-order valence-corrected chi connectivity index (χ2v) is 9.00. The first-order valence-corrected chi connectivity index (χ1v) is 11.5. The van der Waals surface area contributed by atoms with E-state index in [4.69, 9.17) is 21.3 Å². The molecule has 7 heteroatoms. The van der Waals surface area contributed by atoms with E-state index >= 15 is 0 Å². The molecule has 0 saturated heterocycles.